The number of carbonyl (C=O) groups excluding carboxylic acids is 1. The average molecular weight is 163 g/mol. The van der Waals surface area contributed by atoms with Gasteiger partial charge in [0.1, 0.15) is 0 Å². The van der Waals surface area contributed by atoms with Crippen molar-refractivity contribution in [2.24, 2.45) is 0 Å². The van der Waals surface area contributed by atoms with Crippen molar-refractivity contribution >= 4 is 5.97 Å². The predicted molar refractivity (Wildman–Crippen MR) is 46.8 cm³/mol. The Bertz CT molecular complexity index is 279. The van der Waals surface area contributed by atoms with E-state index >= 15 is 0 Å². The van der Waals surface area contributed by atoms with E-state index in [1.807, 2.05) is 18.2 Å². The lowest BCUT2D eigenvalue weighted by Gasteiger charge is -2.03. The van der Waals surface area contributed by atoms with Gasteiger partial charge in [-0.25, -0.2) is 4.79 Å². The molecule has 63 valence electrons. The Morgan fingerprint density at radius 2 is 2.17 bits per heavy atom. The normalized spacial score (nSPS) is 9.50. The quantitative estimate of drug-likeness (QED) is 0.622. The predicted octanol–water partition coefficient (Wildman–Crippen LogP) is 1.85. The molecule has 0 aromatic heterocycles. The fourth-order valence-corrected chi connectivity index (χ4v) is 1.05. The fraction of sp³-hybridized carbons (Fsp3) is 0.200. The van der Waals surface area contributed by atoms with Gasteiger partial charge in [0, 0.05) is 0 Å². The van der Waals surface area contributed by atoms with E-state index in [1.54, 1.807) is 6.07 Å². The molecule has 0 N–H and O–H groups in total. The highest BCUT2D eigenvalue weighted by Crippen LogP contribution is 2.09. The maximum atomic E-state index is 11.1. The molecule has 0 aliphatic rings. The molecule has 1 aromatic rings. The first-order chi connectivity index (χ1) is 5.79. The second-order valence-electron chi connectivity index (χ2n) is 2.40. The van der Waals surface area contributed by atoms with E-state index in [1.165, 1.54) is 7.11 Å². The zero-order valence-corrected chi connectivity index (χ0v) is 7.04. The van der Waals surface area contributed by atoms with Gasteiger partial charge >= 0.3 is 5.97 Å². The molecule has 0 bridgehead atoms. The Morgan fingerprint density at radius 1 is 1.50 bits per heavy atom. The van der Waals surface area contributed by atoms with Crippen molar-refractivity contribution in [1.29, 1.82) is 0 Å². The molecule has 2 nitrogen and oxygen atoms in total. The average Bonchev–Trinajstić information content (AvgIpc) is 2.16. The smallest absolute Gasteiger partial charge is 0.338 e. The van der Waals surface area contributed by atoms with Crippen LogP contribution in [0.3, 0.4) is 0 Å². The molecule has 0 saturated heterocycles. The molecule has 0 heterocycles. The van der Waals surface area contributed by atoms with Gasteiger partial charge in [0.05, 0.1) is 12.7 Å². The fourth-order valence-electron chi connectivity index (χ4n) is 1.05. The minimum atomic E-state index is -0.297. The van der Waals surface area contributed by atoms with Crippen LogP contribution in [0.4, 0.5) is 0 Å². The van der Waals surface area contributed by atoms with Gasteiger partial charge in [-0.1, -0.05) is 18.2 Å². The van der Waals surface area contributed by atoms with Crippen LogP contribution in [0.1, 0.15) is 15.9 Å². The van der Waals surface area contributed by atoms with Gasteiger partial charge in [0.15, 0.2) is 0 Å². The second kappa shape index (κ2) is 3.90. The summed E-state index contributed by atoms with van der Waals surface area (Å²) in [5.74, 6) is -0.297. The van der Waals surface area contributed by atoms with Gasteiger partial charge in [-0.05, 0) is 25.0 Å². The second-order valence-corrected chi connectivity index (χ2v) is 2.40. The van der Waals surface area contributed by atoms with E-state index in [0.29, 0.717) is 12.0 Å². The summed E-state index contributed by atoms with van der Waals surface area (Å²) in [4.78, 5) is 11.1. The van der Waals surface area contributed by atoms with Crippen LogP contribution in [0.25, 0.3) is 0 Å². The molecule has 1 aromatic carbocycles. The largest absolute Gasteiger partial charge is 0.465 e. The van der Waals surface area contributed by atoms with Crippen LogP contribution in [-0.4, -0.2) is 13.1 Å². The van der Waals surface area contributed by atoms with E-state index in [2.05, 4.69) is 11.7 Å². The van der Waals surface area contributed by atoms with Gasteiger partial charge in [-0.15, -0.1) is 0 Å². The van der Waals surface area contributed by atoms with Crippen molar-refractivity contribution in [3.8, 4) is 0 Å². The number of hydrogen-bond acceptors (Lipinski definition) is 2. The van der Waals surface area contributed by atoms with Crippen molar-refractivity contribution in [2.45, 2.75) is 6.42 Å². The van der Waals surface area contributed by atoms with Crippen LogP contribution < -0.4 is 0 Å². The highest BCUT2D eigenvalue weighted by atomic mass is 16.5. The molecule has 1 rings (SSSR count). The van der Waals surface area contributed by atoms with E-state index < -0.39 is 0 Å². The van der Waals surface area contributed by atoms with Gasteiger partial charge in [0.25, 0.3) is 0 Å². The molecule has 0 unspecified atom stereocenters. The van der Waals surface area contributed by atoms with Crippen LogP contribution in [0.15, 0.2) is 24.3 Å². The molecular formula is C10H11O2. The van der Waals surface area contributed by atoms with Crippen LogP contribution >= 0.6 is 0 Å². The first kappa shape index (κ1) is 8.78. The Kier molecular flexibility index (Phi) is 2.86. The number of benzene rings is 1. The van der Waals surface area contributed by atoms with E-state index in [9.17, 15) is 4.79 Å². The van der Waals surface area contributed by atoms with Crippen LogP contribution in [0.2, 0.25) is 0 Å². The Labute approximate surface area is 72.2 Å². The molecular weight excluding hydrogens is 152 g/mol. The minimum Gasteiger partial charge on any atom is -0.465 e. The highest BCUT2D eigenvalue weighted by molar-refractivity contribution is 5.90. The maximum Gasteiger partial charge on any atom is 0.338 e. The molecule has 0 atom stereocenters. The monoisotopic (exact) mass is 163 g/mol. The Morgan fingerprint density at radius 3 is 2.75 bits per heavy atom. The number of carbonyl (C=O) groups is 1. The van der Waals surface area contributed by atoms with Gasteiger partial charge in [-0.3, -0.25) is 0 Å². The lowest BCUT2D eigenvalue weighted by Crippen LogP contribution is -2.04. The highest BCUT2D eigenvalue weighted by Gasteiger charge is 2.08. The summed E-state index contributed by atoms with van der Waals surface area (Å²) in [7, 11) is 1.38. The van der Waals surface area contributed by atoms with E-state index in [0.717, 1.165) is 5.56 Å². The molecule has 12 heavy (non-hydrogen) atoms. The minimum absolute atomic E-state index is 0.297. The van der Waals surface area contributed by atoms with Crippen molar-refractivity contribution in [2.75, 3.05) is 7.11 Å². The zero-order valence-electron chi connectivity index (χ0n) is 7.04. The van der Waals surface area contributed by atoms with Crippen LogP contribution in [-0.2, 0) is 11.2 Å². The third-order valence-corrected chi connectivity index (χ3v) is 1.69. The van der Waals surface area contributed by atoms with Crippen molar-refractivity contribution in [1.82, 2.24) is 0 Å². The Balaban J connectivity index is 3.04. The lowest BCUT2D eigenvalue weighted by molar-refractivity contribution is 0.0599. The summed E-state index contributed by atoms with van der Waals surface area (Å²) >= 11 is 0. The number of rotatable bonds is 2. The number of hydrogen-bond donors (Lipinski definition) is 0. The topological polar surface area (TPSA) is 26.3 Å². The van der Waals surface area contributed by atoms with Crippen LogP contribution in [0, 0.1) is 6.92 Å². The van der Waals surface area contributed by atoms with Crippen molar-refractivity contribution in [3.05, 3.63) is 42.3 Å². The maximum absolute atomic E-state index is 11.1. The summed E-state index contributed by atoms with van der Waals surface area (Å²) in [5.41, 5.74) is 1.53. The van der Waals surface area contributed by atoms with E-state index in [4.69, 9.17) is 0 Å². The number of esters is 1. The van der Waals surface area contributed by atoms with E-state index in [-0.39, 0.29) is 5.97 Å². The molecule has 0 aliphatic heterocycles. The van der Waals surface area contributed by atoms with Gasteiger partial charge in [0.2, 0.25) is 0 Å². The van der Waals surface area contributed by atoms with Crippen LogP contribution in [0.5, 0.6) is 0 Å². The van der Waals surface area contributed by atoms with Crippen molar-refractivity contribution < 1.29 is 9.53 Å². The summed E-state index contributed by atoms with van der Waals surface area (Å²) in [6.45, 7) is 3.73. The number of methoxy groups -OCH3 is 1. The summed E-state index contributed by atoms with van der Waals surface area (Å²) in [5, 5.41) is 0. The first-order valence-corrected chi connectivity index (χ1v) is 3.75. The molecule has 2 heteroatoms. The van der Waals surface area contributed by atoms with Crippen molar-refractivity contribution in [3.63, 3.8) is 0 Å². The first-order valence-electron chi connectivity index (χ1n) is 3.75. The molecule has 0 saturated carbocycles. The molecule has 0 spiro atoms. The molecule has 0 aliphatic carbocycles. The third-order valence-electron chi connectivity index (χ3n) is 1.69. The molecule has 0 fully saturated rings. The standard InChI is InChI=1S/C10H11O2/c1-3-8-6-4-5-7-9(8)10(11)12-2/h4-7H,1,3H2,2H3. The molecule has 1 radical (unpaired) electrons. The SMILES string of the molecule is [CH2]Cc1ccccc1C(=O)OC. The summed E-state index contributed by atoms with van der Waals surface area (Å²) in [6, 6.07) is 7.31. The Hall–Kier alpha value is -1.31. The van der Waals surface area contributed by atoms with Gasteiger partial charge < -0.3 is 4.74 Å². The third kappa shape index (κ3) is 1.64. The molecule has 0 amide bonds. The lowest BCUT2D eigenvalue weighted by atomic mass is 10.1. The summed E-state index contributed by atoms with van der Waals surface area (Å²) in [6.07, 6.45) is 0.602. The van der Waals surface area contributed by atoms with Gasteiger partial charge in [-0.2, -0.15) is 0 Å². The summed E-state index contributed by atoms with van der Waals surface area (Å²) < 4.78 is 4.61. The zero-order chi connectivity index (χ0) is 8.97. The number of ether oxygens (including phenoxy) is 1.